The number of halogens is 1. The molecule has 3 rings (SSSR count). The van der Waals surface area contributed by atoms with Crippen LogP contribution in [0.25, 0.3) is 10.6 Å². The van der Waals surface area contributed by atoms with Crippen LogP contribution in [-0.2, 0) is 26.9 Å². The minimum Gasteiger partial charge on any atom is -0.456 e. The van der Waals surface area contributed by atoms with E-state index >= 15 is 0 Å². The number of carbonyl (C=O) groups excluding carboxylic acids is 1. The molecule has 0 N–H and O–H groups in total. The molecule has 0 atom stereocenters. The van der Waals surface area contributed by atoms with Crippen LogP contribution in [0.15, 0.2) is 53.9 Å². The average molecular weight is 422 g/mol. The maximum absolute atomic E-state index is 12.2. The van der Waals surface area contributed by atoms with E-state index in [0.717, 1.165) is 16.8 Å². The summed E-state index contributed by atoms with van der Waals surface area (Å²) in [6.07, 6.45) is 1.15. The number of benzene rings is 2. The van der Waals surface area contributed by atoms with Gasteiger partial charge in [-0.1, -0.05) is 35.9 Å². The van der Waals surface area contributed by atoms with Gasteiger partial charge in [-0.2, -0.15) is 0 Å². The van der Waals surface area contributed by atoms with Crippen LogP contribution >= 0.6 is 22.9 Å². The number of esters is 1. The number of hydrogen-bond acceptors (Lipinski definition) is 6. The number of hydrogen-bond donors (Lipinski definition) is 0. The maximum atomic E-state index is 12.2. The number of carbonyl (C=O) groups is 1. The molecule has 1 heterocycles. The second kappa shape index (κ2) is 8.21. The van der Waals surface area contributed by atoms with E-state index in [1.54, 1.807) is 30.3 Å². The standard InChI is InChI=1S/C19H16ClNO4S2/c1-27(23,24)12-13-3-2-4-15(9-13)19(22)25-10-17-11-26-18(21-17)14-5-7-16(20)8-6-14/h2-9,11H,10,12H2,1H3. The monoisotopic (exact) mass is 421 g/mol. The van der Waals surface area contributed by atoms with E-state index < -0.39 is 15.8 Å². The molecular weight excluding hydrogens is 406 g/mol. The van der Waals surface area contributed by atoms with Gasteiger partial charge >= 0.3 is 5.97 Å². The molecular formula is C19H16ClNO4S2. The summed E-state index contributed by atoms with van der Waals surface area (Å²) in [6, 6.07) is 13.8. The van der Waals surface area contributed by atoms with E-state index in [1.807, 2.05) is 17.5 Å². The van der Waals surface area contributed by atoms with Crippen molar-refractivity contribution in [1.82, 2.24) is 4.98 Å². The van der Waals surface area contributed by atoms with Crippen LogP contribution in [0.1, 0.15) is 21.6 Å². The molecule has 0 aliphatic rings. The molecule has 0 aliphatic carbocycles. The molecule has 0 fully saturated rings. The van der Waals surface area contributed by atoms with Crippen molar-refractivity contribution in [3.05, 3.63) is 75.8 Å². The second-order valence-electron chi connectivity index (χ2n) is 6.00. The number of rotatable bonds is 6. The van der Waals surface area contributed by atoms with Crippen molar-refractivity contribution < 1.29 is 17.9 Å². The fourth-order valence-corrected chi connectivity index (χ4v) is 4.13. The number of aromatic nitrogens is 1. The van der Waals surface area contributed by atoms with Crippen LogP contribution in [0.2, 0.25) is 5.02 Å². The fraction of sp³-hybridized carbons (Fsp3) is 0.158. The van der Waals surface area contributed by atoms with Gasteiger partial charge in [-0.3, -0.25) is 0 Å². The highest BCUT2D eigenvalue weighted by Gasteiger charge is 2.12. The molecule has 0 aliphatic heterocycles. The molecule has 140 valence electrons. The van der Waals surface area contributed by atoms with Gasteiger partial charge in [0.25, 0.3) is 0 Å². The van der Waals surface area contributed by atoms with Crippen LogP contribution in [0.5, 0.6) is 0 Å². The number of thiazole rings is 1. The zero-order valence-electron chi connectivity index (χ0n) is 14.4. The van der Waals surface area contributed by atoms with E-state index in [9.17, 15) is 13.2 Å². The minimum absolute atomic E-state index is 0.0409. The summed E-state index contributed by atoms with van der Waals surface area (Å²) in [5.41, 5.74) is 2.44. The summed E-state index contributed by atoms with van der Waals surface area (Å²) in [5.74, 6) is -0.642. The Bertz CT molecular complexity index is 1060. The van der Waals surface area contributed by atoms with E-state index in [0.29, 0.717) is 21.8 Å². The first-order chi connectivity index (χ1) is 12.8. The van der Waals surface area contributed by atoms with Gasteiger partial charge in [0.15, 0.2) is 9.84 Å². The van der Waals surface area contributed by atoms with Crippen LogP contribution in [0, 0.1) is 0 Å². The molecule has 0 saturated carbocycles. The minimum atomic E-state index is -3.17. The van der Waals surface area contributed by atoms with Crippen molar-refractivity contribution >= 4 is 38.7 Å². The van der Waals surface area contributed by atoms with Gasteiger partial charge in [-0.25, -0.2) is 18.2 Å². The van der Waals surface area contributed by atoms with Crippen molar-refractivity contribution in [1.29, 1.82) is 0 Å². The highest BCUT2D eigenvalue weighted by atomic mass is 35.5. The summed E-state index contributed by atoms with van der Waals surface area (Å²) in [5, 5.41) is 3.30. The SMILES string of the molecule is CS(=O)(=O)Cc1cccc(C(=O)OCc2csc(-c3ccc(Cl)cc3)n2)c1. The third-order valence-corrected chi connectivity index (χ3v) is 5.64. The van der Waals surface area contributed by atoms with Gasteiger partial charge in [0, 0.05) is 22.2 Å². The lowest BCUT2D eigenvalue weighted by Crippen LogP contribution is -2.07. The van der Waals surface area contributed by atoms with Gasteiger partial charge in [-0.15, -0.1) is 11.3 Å². The number of nitrogens with zero attached hydrogens (tertiary/aromatic N) is 1. The van der Waals surface area contributed by atoms with Crippen molar-refractivity contribution in [2.45, 2.75) is 12.4 Å². The molecule has 8 heteroatoms. The lowest BCUT2D eigenvalue weighted by Gasteiger charge is -2.05. The second-order valence-corrected chi connectivity index (χ2v) is 9.43. The molecule has 0 spiro atoms. The summed E-state index contributed by atoms with van der Waals surface area (Å²) < 4.78 is 28.1. The summed E-state index contributed by atoms with van der Waals surface area (Å²) in [6.45, 7) is 0.0409. The first kappa shape index (κ1) is 19.5. The Hall–Kier alpha value is -2.22. The molecule has 3 aromatic rings. The highest BCUT2D eigenvalue weighted by Crippen LogP contribution is 2.25. The normalized spacial score (nSPS) is 11.3. The Labute approximate surface area is 166 Å². The molecule has 1 aromatic heterocycles. The van der Waals surface area contributed by atoms with Crippen LogP contribution in [0.3, 0.4) is 0 Å². The van der Waals surface area contributed by atoms with Crippen LogP contribution in [0.4, 0.5) is 0 Å². The first-order valence-corrected chi connectivity index (χ1v) is 11.3. The molecule has 5 nitrogen and oxygen atoms in total. The lowest BCUT2D eigenvalue weighted by molar-refractivity contribution is 0.0468. The van der Waals surface area contributed by atoms with E-state index in [2.05, 4.69) is 4.98 Å². The Morgan fingerprint density at radius 3 is 2.63 bits per heavy atom. The average Bonchev–Trinajstić information content (AvgIpc) is 3.08. The summed E-state index contributed by atoms with van der Waals surface area (Å²) in [7, 11) is -3.17. The largest absolute Gasteiger partial charge is 0.456 e. The number of ether oxygens (including phenoxy) is 1. The maximum Gasteiger partial charge on any atom is 0.338 e. The topological polar surface area (TPSA) is 73.3 Å². The van der Waals surface area contributed by atoms with Crippen LogP contribution in [-0.4, -0.2) is 25.6 Å². The summed E-state index contributed by atoms with van der Waals surface area (Å²) in [4.78, 5) is 16.7. The van der Waals surface area contributed by atoms with Crippen LogP contribution < -0.4 is 0 Å². The third kappa shape index (κ3) is 5.63. The van der Waals surface area contributed by atoms with Crippen molar-refractivity contribution in [3.8, 4) is 10.6 Å². The van der Waals surface area contributed by atoms with E-state index in [4.69, 9.17) is 16.3 Å². The van der Waals surface area contributed by atoms with Crippen molar-refractivity contribution in [3.63, 3.8) is 0 Å². The molecule has 0 unspecified atom stereocenters. The quantitative estimate of drug-likeness (QED) is 0.552. The number of sulfone groups is 1. The summed E-state index contributed by atoms with van der Waals surface area (Å²) >= 11 is 7.34. The van der Waals surface area contributed by atoms with Gasteiger partial charge in [0.05, 0.1) is 17.0 Å². The molecule has 0 radical (unpaired) electrons. The highest BCUT2D eigenvalue weighted by molar-refractivity contribution is 7.89. The predicted molar refractivity (Wildman–Crippen MR) is 107 cm³/mol. The molecule has 0 bridgehead atoms. The van der Waals surface area contributed by atoms with Gasteiger partial charge < -0.3 is 4.74 Å². The zero-order chi connectivity index (χ0) is 19.4. The zero-order valence-corrected chi connectivity index (χ0v) is 16.8. The predicted octanol–water partition coefficient (Wildman–Crippen LogP) is 4.37. The molecule has 0 amide bonds. The molecule has 0 saturated heterocycles. The third-order valence-electron chi connectivity index (χ3n) is 3.59. The molecule has 2 aromatic carbocycles. The fourth-order valence-electron chi connectivity index (χ4n) is 2.41. The Kier molecular flexibility index (Phi) is 5.94. The Morgan fingerprint density at radius 2 is 1.93 bits per heavy atom. The van der Waals surface area contributed by atoms with Gasteiger partial charge in [-0.05, 0) is 29.8 Å². The van der Waals surface area contributed by atoms with E-state index in [1.165, 1.54) is 17.4 Å². The Morgan fingerprint density at radius 1 is 1.19 bits per heavy atom. The lowest BCUT2D eigenvalue weighted by atomic mass is 10.1. The van der Waals surface area contributed by atoms with Gasteiger partial charge in [0.1, 0.15) is 11.6 Å². The smallest absolute Gasteiger partial charge is 0.338 e. The van der Waals surface area contributed by atoms with Crippen molar-refractivity contribution in [2.75, 3.05) is 6.26 Å². The molecule has 27 heavy (non-hydrogen) atoms. The van der Waals surface area contributed by atoms with Crippen molar-refractivity contribution in [2.24, 2.45) is 0 Å². The van der Waals surface area contributed by atoms with E-state index in [-0.39, 0.29) is 12.4 Å². The van der Waals surface area contributed by atoms with Gasteiger partial charge in [0.2, 0.25) is 0 Å². The first-order valence-electron chi connectivity index (χ1n) is 7.94. The Balaban J connectivity index is 1.64.